The quantitative estimate of drug-likeness (QED) is 0.678. The van der Waals surface area contributed by atoms with Gasteiger partial charge in [0.2, 0.25) is 0 Å². The van der Waals surface area contributed by atoms with Gasteiger partial charge in [-0.15, -0.1) is 0 Å². The second-order valence-corrected chi connectivity index (χ2v) is 4.88. The van der Waals surface area contributed by atoms with Gasteiger partial charge in [0.1, 0.15) is 0 Å². The van der Waals surface area contributed by atoms with Crippen LogP contribution in [-0.4, -0.2) is 9.91 Å². The molecule has 5 nitrogen and oxygen atoms in total. The van der Waals surface area contributed by atoms with Crippen LogP contribution in [0.4, 0.5) is 5.69 Å². The van der Waals surface area contributed by atoms with Crippen molar-refractivity contribution in [3.63, 3.8) is 0 Å². The van der Waals surface area contributed by atoms with Crippen LogP contribution in [-0.2, 0) is 13.1 Å². The zero-order valence-electron chi connectivity index (χ0n) is 11.0. The average molecular weight is 292 g/mol. The van der Waals surface area contributed by atoms with Crippen LogP contribution in [0.25, 0.3) is 0 Å². The van der Waals surface area contributed by atoms with Crippen LogP contribution in [0.3, 0.4) is 0 Å². The molecule has 0 unspecified atom stereocenters. The summed E-state index contributed by atoms with van der Waals surface area (Å²) in [6.45, 7) is 2.90. The molecule has 104 valence electrons. The predicted molar refractivity (Wildman–Crippen MR) is 77.6 cm³/mol. The van der Waals surface area contributed by atoms with Crippen LogP contribution in [0.1, 0.15) is 16.8 Å². The summed E-state index contributed by atoms with van der Waals surface area (Å²) in [6, 6.07) is 8.46. The fourth-order valence-electron chi connectivity index (χ4n) is 1.82. The fourth-order valence-corrected chi connectivity index (χ4v) is 2.01. The summed E-state index contributed by atoms with van der Waals surface area (Å²) in [7, 11) is 0. The maximum atomic E-state index is 10.9. The lowest BCUT2D eigenvalue weighted by Gasteiger charge is -2.06. The van der Waals surface area contributed by atoms with Crippen molar-refractivity contribution in [2.45, 2.75) is 20.0 Å². The number of nitro groups is 1. The highest BCUT2D eigenvalue weighted by atomic mass is 35.5. The predicted octanol–water partition coefficient (Wildman–Crippen LogP) is 3.24. The molecule has 20 heavy (non-hydrogen) atoms. The summed E-state index contributed by atoms with van der Waals surface area (Å²) in [5.41, 5.74) is 2.63. The molecule has 0 radical (unpaired) electrons. The van der Waals surface area contributed by atoms with Crippen LogP contribution in [0.15, 0.2) is 36.5 Å². The first-order valence-electron chi connectivity index (χ1n) is 6.11. The van der Waals surface area contributed by atoms with E-state index in [1.54, 1.807) is 12.3 Å². The van der Waals surface area contributed by atoms with Gasteiger partial charge in [0.05, 0.1) is 4.92 Å². The number of nitrogens with one attached hydrogen (secondary N) is 1. The molecule has 1 heterocycles. The van der Waals surface area contributed by atoms with Crippen molar-refractivity contribution >= 4 is 17.3 Å². The number of aromatic nitrogens is 1. The number of halogens is 1. The van der Waals surface area contributed by atoms with Crippen molar-refractivity contribution in [2.75, 3.05) is 0 Å². The van der Waals surface area contributed by atoms with E-state index in [9.17, 15) is 10.1 Å². The molecule has 0 atom stereocenters. The van der Waals surface area contributed by atoms with Gasteiger partial charge in [0.15, 0.2) is 0 Å². The van der Waals surface area contributed by atoms with E-state index in [-0.39, 0.29) is 5.69 Å². The first-order chi connectivity index (χ1) is 9.56. The van der Waals surface area contributed by atoms with E-state index in [1.807, 2.05) is 19.1 Å². The van der Waals surface area contributed by atoms with Crippen LogP contribution in [0.2, 0.25) is 5.02 Å². The zero-order valence-corrected chi connectivity index (χ0v) is 11.7. The largest absolute Gasteiger partial charge is 0.308 e. The van der Waals surface area contributed by atoms with Crippen molar-refractivity contribution in [1.29, 1.82) is 0 Å². The molecule has 2 aromatic rings. The highest BCUT2D eigenvalue weighted by Gasteiger charge is 2.13. The molecule has 0 saturated carbocycles. The smallest absolute Gasteiger partial charge is 0.273 e. The van der Waals surface area contributed by atoms with Gasteiger partial charge in [0, 0.05) is 41.6 Å². The monoisotopic (exact) mass is 291 g/mol. The summed E-state index contributed by atoms with van der Waals surface area (Å²) in [4.78, 5) is 14.7. The molecule has 0 aliphatic rings. The Hall–Kier alpha value is -1.98. The SMILES string of the molecule is Cc1ccc(CNCc2cc(Cl)ccc2[N+](=O)[O-])cn1. The molecule has 0 saturated heterocycles. The van der Waals surface area contributed by atoms with Crippen molar-refractivity contribution < 1.29 is 4.92 Å². The molecule has 2 rings (SSSR count). The summed E-state index contributed by atoms with van der Waals surface area (Å²) >= 11 is 5.87. The number of aryl methyl sites for hydroxylation is 1. The number of nitrogens with zero attached hydrogens (tertiary/aromatic N) is 2. The third kappa shape index (κ3) is 3.76. The molecule has 0 bridgehead atoms. The molecule has 0 aliphatic heterocycles. The summed E-state index contributed by atoms with van der Waals surface area (Å²) in [5.74, 6) is 0. The van der Waals surface area contributed by atoms with E-state index in [2.05, 4.69) is 10.3 Å². The topological polar surface area (TPSA) is 68.1 Å². The Kier molecular flexibility index (Phi) is 4.65. The molecule has 0 spiro atoms. The minimum atomic E-state index is -0.402. The van der Waals surface area contributed by atoms with E-state index in [0.717, 1.165) is 11.3 Å². The Bertz CT molecular complexity index is 614. The number of hydrogen-bond donors (Lipinski definition) is 1. The van der Waals surface area contributed by atoms with E-state index in [1.165, 1.54) is 12.1 Å². The third-order valence-corrected chi connectivity index (χ3v) is 3.09. The van der Waals surface area contributed by atoms with Gasteiger partial charge in [-0.3, -0.25) is 15.1 Å². The fraction of sp³-hybridized carbons (Fsp3) is 0.214. The van der Waals surface area contributed by atoms with Gasteiger partial charge in [-0.25, -0.2) is 0 Å². The van der Waals surface area contributed by atoms with Crippen LogP contribution < -0.4 is 5.32 Å². The first-order valence-corrected chi connectivity index (χ1v) is 6.49. The Morgan fingerprint density at radius 3 is 2.75 bits per heavy atom. The van der Waals surface area contributed by atoms with Gasteiger partial charge < -0.3 is 5.32 Å². The van der Waals surface area contributed by atoms with E-state index in [0.29, 0.717) is 23.7 Å². The molecule has 1 N–H and O–H groups in total. The van der Waals surface area contributed by atoms with Gasteiger partial charge in [-0.1, -0.05) is 17.7 Å². The van der Waals surface area contributed by atoms with Gasteiger partial charge in [-0.2, -0.15) is 0 Å². The van der Waals surface area contributed by atoms with Crippen LogP contribution in [0, 0.1) is 17.0 Å². The molecule has 6 heteroatoms. The summed E-state index contributed by atoms with van der Waals surface area (Å²) in [5, 5.41) is 14.6. The van der Waals surface area contributed by atoms with Crippen LogP contribution in [0.5, 0.6) is 0 Å². The van der Waals surface area contributed by atoms with E-state index < -0.39 is 4.92 Å². The van der Waals surface area contributed by atoms with Crippen molar-refractivity contribution in [3.05, 3.63) is 68.5 Å². The van der Waals surface area contributed by atoms with Crippen molar-refractivity contribution in [2.24, 2.45) is 0 Å². The number of nitro benzene ring substituents is 1. The molecule has 1 aromatic carbocycles. The second-order valence-electron chi connectivity index (χ2n) is 4.44. The van der Waals surface area contributed by atoms with Gasteiger partial charge in [0.25, 0.3) is 5.69 Å². The zero-order chi connectivity index (χ0) is 14.5. The maximum Gasteiger partial charge on any atom is 0.273 e. The normalized spacial score (nSPS) is 10.5. The molecule has 1 aromatic heterocycles. The lowest BCUT2D eigenvalue weighted by atomic mass is 10.1. The van der Waals surface area contributed by atoms with Crippen molar-refractivity contribution in [3.8, 4) is 0 Å². The molecule has 0 amide bonds. The summed E-state index contributed by atoms with van der Waals surface area (Å²) in [6.07, 6.45) is 1.79. The number of pyridine rings is 1. The Balaban J connectivity index is 2.02. The Morgan fingerprint density at radius 1 is 1.30 bits per heavy atom. The van der Waals surface area contributed by atoms with E-state index >= 15 is 0 Å². The van der Waals surface area contributed by atoms with Gasteiger partial charge >= 0.3 is 0 Å². The number of benzene rings is 1. The number of rotatable bonds is 5. The van der Waals surface area contributed by atoms with Gasteiger partial charge in [-0.05, 0) is 30.7 Å². The first kappa shape index (κ1) is 14.4. The lowest BCUT2D eigenvalue weighted by molar-refractivity contribution is -0.385. The number of hydrogen-bond acceptors (Lipinski definition) is 4. The minimum Gasteiger partial charge on any atom is -0.308 e. The Labute approximate surface area is 121 Å². The maximum absolute atomic E-state index is 10.9. The second kappa shape index (κ2) is 6.45. The molecule has 0 fully saturated rings. The Morgan fingerprint density at radius 2 is 2.10 bits per heavy atom. The summed E-state index contributed by atoms with van der Waals surface area (Å²) < 4.78 is 0. The highest BCUT2D eigenvalue weighted by molar-refractivity contribution is 6.30. The van der Waals surface area contributed by atoms with Crippen molar-refractivity contribution in [1.82, 2.24) is 10.3 Å². The molecule has 0 aliphatic carbocycles. The minimum absolute atomic E-state index is 0.0731. The molecular formula is C14H14ClN3O2. The third-order valence-electron chi connectivity index (χ3n) is 2.86. The molecular weight excluding hydrogens is 278 g/mol. The average Bonchev–Trinajstić information content (AvgIpc) is 2.41. The lowest BCUT2D eigenvalue weighted by Crippen LogP contribution is -2.14. The standard InChI is InChI=1S/C14H14ClN3O2/c1-10-2-3-11(8-17-10)7-16-9-12-6-13(15)4-5-14(12)18(19)20/h2-6,8,16H,7,9H2,1H3. The highest BCUT2D eigenvalue weighted by Crippen LogP contribution is 2.22. The van der Waals surface area contributed by atoms with Crippen LogP contribution >= 0.6 is 11.6 Å². The van der Waals surface area contributed by atoms with E-state index in [4.69, 9.17) is 11.6 Å².